The van der Waals surface area contributed by atoms with E-state index in [9.17, 15) is 35.1 Å². The maximum atomic E-state index is 12.0. The zero-order valence-corrected chi connectivity index (χ0v) is 9.74. The Morgan fingerprint density at radius 1 is 0.625 bits per heavy atom. The fraction of sp³-hybridized carbons (Fsp3) is 1.00. The first kappa shape index (κ1) is 16.7. The molecule has 12 heteroatoms. The van der Waals surface area contributed by atoms with Gasteiger partial charge in [-0.3, -0.25) is 0 Å². The Balaban J connectivity index is 5.00. The van der Waals surface area contributed by atoms with Gasteiger partial charge in [0.2, 0.25) is 0 Å². The molecule has 0 bridgehead atoms. The van der Waals surface area contributed by atoms with Crippen molar-refractivity contribution in [1.82, 2.24) is 0 Å². The molecule has 98 valence electrons. The van der Waals surface area contributed by atoms with Crippen LogP contribution in [0.15, 0.2) is 0 Å². The monoisotopic (exact) mass is 334 g/mol. The third-order valence-electron chi connectivity index (χ3n) is 0.980. The van der Waals surface area contributed by atoms with E-state index >= 15 is 0 Å². The minimum absolute atomic E-state index is 1.13. The van der Waals surface area contributed by atoms with Gasteiger partial charge in [-0.1, -0.05) is 11.6 Å². The molecular formula is C4Cl2F8S2. The lowest BCUT2D eigenvalue weighted by atomic mass is 10.4. The number of hydrogen-bond acceptors (Lipinski definition) is 2. The first-order valence-electron chi connectivity index (χ1n) is 2.96. The Labute approximate surface area is 101 Å². The number of rotatable bonds is 3. The fourth-order valence-corrected chi connectivity index (χ4v) is 2.52. The summed E-state index contributed by atoms with van der Waals surface area (Å²) in [5, 5.41) is 0. The zero-order chi connectivity index (χ0) is 13.4. The van der Waals surface area contributed by atoms with Crippen LogP contribution < -0.4 is 0 Å². The van der Waals surface area contributed by atoms with Gasteiger partial charge in [0.15, 0.2) is 0 Å². The summed E-state index contributed by atoms with van der Waals surface area (Å²) in [6, 6.07) is 0. The summed E-state index contributed by atoms with van der Waals surface area (Å²) in [7, 11) is -2.43. The SMILES string of the molecule is FC(F)(Cl)SSC(Cl)(C(F)(F)F)C(F)(F)F. The summed E-state index contributed by atoms with van der Waals surface area (Å²) in [4.78, 5) is 0. The Morgan fingerprint density at radius 3 is 1.12 bits per heavy atom. The summed E-state index contributed by atoms with van der Waals surface area (Å²) in [5.74, 6) is 0. The van der Waals surface area contributed by atoms with Crippen LogP contribution >= 0.6 is 44.8 Å². The lowest BCUT2D eigenvalue weighted by Gasteiger charge is -2.30. The third-order valence-corrected chi connectivity index (χ3v) is 5.01. The van der Waals surface area contributed by atoms with Crippen LogP contribution in [0, 0.1) is 0 Å². The van der Waals surface area contributed by atoms with Crippen molar-refractivity contribution in [2.24, 2.45) is 0 Å². The molecule has 0 fully saturated rings. The molecule has 16 heavy (non-hydrogen) atoms. The highest BCUT2D eigenvalue weighted by Crippen LogP contribution is 2.61. The molecule has 0 radical (unpaired) electrons. The van der Waals surface area contributed by atoms with Gasteiger partial charge in [0.05, 0.1) is 0 Å². The molecule has 0 saturated carbocycles. The van der Waals surface area contributed by atoms with Crippen LogP contribution in [0.25, 0.3) is 0 Å². The molecule has 0 amide bonds. The average molecular weight is 335 g/mol. The van der Waals surface area contributed by atoms with E-state index in [2.05, 4.69) is 23.2 Å². The van der Waals surface area contributed by atoms with Crippen LogP contribution in [0.5, 0.6) is 0 Å². The van der Waals surface area contributed by atoms with Gasteiger partial charge in [-0.2, -0.15) is 35.1 Å². The van der Waals surface area contributed by atoms with Crippen molar-refractivity contribution < 1.29 is 35.1 Å². The molecule has 0 nitrogen and oxygen atoms in total. The van der Waals surface area contributed by atoms with E-state index in [1.165, 1.54) is 0 Å². The second-order valence-corrected chi connectivity index (χ2v) is 6.15. The minimum Gasteiger partial charge on any atom is -0.176 e. The molecular weight excluding hydrogens is 335 g/mol. The van der Waals surface area contributed by atoms with E-state index in [1.807, 2.05) is 0 Å². The molecule has 0 spiro atoms. The summed E-state index contributed by atoms with van der Waals surface area (Å²) < 4.78 is 86.8. The van der Waals surface area contributed by atoms with Crippen molar-refractivity contribution in [2.75, 3.05) is 0 Å². The highest BCUT2D eigenvalue weighted by molar-refractivity contribution is 8.78. The molecule has 0 atom stereocenters. The lowest BCUT2D eigenvalue weighted by molar-refractivity contribution is -0.238. The van der Waals surface area contributed by atoms with Gasteiger partial charge < -0.3 is 0 Å². The van der Waals surface area contributed by atoms with E-state index in [1.54, 1.807) is 0 Å². The van der Waals surface area contributed by atoms with E-state index < -0.39 is 42.9 Å². The van der Waals surface area contributed by atoms with E-state index in [0.29, 0.717) is 0 Å². The maximum absolute atomic E-state index is 12.0. The molecule has 0 aromatic rings. The normalized spacial score (nSPS) is 15.4. The smallest absolute Gasteiger partial charge is 0.176 e. The van der Waals surface area contributed by atoms with Crippen molar-refractivity contribution in [3.05, 3.63) is 0 Å². The van der Waals surface area contributed by atoms with Gasteiger partial charge in [0.25, 0.3) is 4.21 Å². The Hall–Kier alpha value is 0.720. The van der Waals surface area contributed by atoms with Crippen LogP contribution in [0.3, 0.4) is 0 Å². The summed E-state index contributed by atoms with van der Waals surface area (Å²) in [6.45, 7) is 0. The minimum atomic E-state index is -5.95. The molecule has 0 aliphatic carbocycles. The van der Waals surface area contributed by atoms with Crippen molar-refractivity contribution in [2.45, 2.75) is 21.3 Å². The molecule has 0 unspecified atom stereocenters. The van der Waals surface area contributed by atoms with E-state index in [-0.39, 0.29) is 0 Å². The van der Waals surface area contributed by atoms with E-state index in [4.69, 9.17) is 0 Å². The van der Waals surface area contributed by atoms with Crippen molar-refractivity contribution >= 4 is 44.8 Å². The molecule has 0 aromatic carbocycles. The van der Waals surface area contributed by atoms with Gasteiger partial charge >= 0.3 is 17.1 Å². The molecule has 0 aliphatic rings. The summed E-state index contributed by atoms with van der Waals surface area (Å²) in [6.07, 6.45) is -11.9. The molecule has 0 aliphatic heterocycles. The standard InChI is InChI=1S/C4Cl2F8S2/c5-1(2(7,8)9,3(10,11)12)15-16-4(6,13)14. The second kappa shape index (κ2) is 4.77. The van der Waals surface area contributed by atoms with Gasteiger partial charge in [-0.05, 0) is 22.4 Å². The average Bonchev–Trinajstić information content (AvgIpc) is 1.93. The van der Waals surface area contributed by atoms with Crippen LogP contribution in [-0.4, -0.2) is 21.3 Å². The quantitative estimate of drug-likeness (QED) is 0.394. The first-order valence-corrected chi connectivity index (χ1v) is 5.87. The lowest BCUT2D eigenvalue weighted by Crippen LogP contribution is -2.49. The van der Waals surface area contributed by atoms with Crippen LogP contribution in [0.2, 0.25) is 0 Å². The van der Waals surface area contributed by atoms with Crippen molar-refractivity contribution in [3.8, 4) is 0 Å². The second-order valence-electron chi connectivity index (χ2n) is 2.20. The first-order chi connectivity index (χ1) is 6.71. The molecule has 0 saturated heterocycles. The molecule has 0 N–H and O–H groups in total. The maximum Gasteiger partial charge on any atom is 0.426 e. The Bertz CT molecular complexity index is 228. The molecule has 0 heterocycles. The predicted octanol–water partition coefficient (Wildman–Crippen LogP) is 5.22. The fourth-order valence-electron chi connectivity index (χ4n) is 0.360. The predicted molar refractivity (Wildman–Crippen MR) is 46.7 cm³/mol. The van der Waals surface area contributed by atoms with Crippen LogP contribution in [0.4, 0.5) is 35.1 Å². The number of halogens is 10. The zero-order valence-electron chi connectivity index (χ0n) is 6.60. The van der Waals surface area contributed by atoms with Gasteiger partial charge in [-0.15, -0.1) is 0 Å². The third kappa shape index (κ3) is 4.19. The van der Waals surface area contributed by atoms with Crippen LogP contribution in [-0.2, 0) is 0 Å². The van der Waals surface area contributed by atoms with Gasteiger partial charge in [0.1, 0.15) is 0 Å². The number of alkyl halides is 10. The largest absolute Gasteiger partial charge is 0.426 e. The Kier molecular flexibility index (Phi) is 4.99. The highest BCUT2D eigenvalue weighted by atomic mass is 35.5. The highest BCUT2D eigenvalue weighted by Gasteiger charge is 2.72. The summed E-state index contributed by atoms with van der Waals surface area (Å²) >= 11 is 8.45. The van der Waals surface area contributed by atoms with Crippen molar-refractivity contribution in [1.29, 1.82) is 0 Å². The summed E-state index contributed by atoms with van der Waals surface area (Å²) in [5.41, 5.74) is 0. The van der Waals surface area contributed by atoms with Crippen molar-refractivity contribution in [3.63, 3.8) is 0 Å². The van der Waals surface area contributed by atoms with Gasteiger partial charge in [0, 0.05) is 10.8 Å². The van der Waals surface area contributed by atoms with Crippen LogP contribution in [0.1, 0.15) is 0 Å². The topological polar surface area (TPSA) is 0 Å². The number of hydrogen-bond donors (Lipinski definition) is 0. The molecule has 0 aromatic heterocycles. The van der Waals surface area contributed by atoms with Gasteiger partial charge in [-0.25, -0.2) is 0 Å². The Morgan fingerprint density at radius 2 is 0.938 bits per heavy atom. The van der Waals surface area contributed by atoms with E-state index in [0.717, 1.165) is 0 Å². The molecule has 0 rings (SSSR count).